The van der Waals surface area contributed by atoms with Crippen LogP contribution in [0.15, 0.2) is 48.8 Å². The fraction of sp³-hybridized carbons (Fsp3) is 0.188. The summed E-state index contributed by atoms with van der Waals surface area (Å²) in [4.78, 5) is 6.66. The smallest absolute Gasteiger partial charge is 0.228 e. The average Bonchev–Trinajstić information content (AvgIpc) is 2.91. The Labute approximate surface area is 122 Å². The third-order valence-corrected chi connectivity index (χ3v) is 3.33. The number of fused-ring (bicyclic) bond motifs is 1. The third-order valence-electron chi connectivity index (χ3n) is 3.33. The first-order valence-electron chi connectivity index (χ1n) is 6.62. The summed E-state index contributed by atoms with van der Waals surface area (Å²) in [7, 11) is 4.00. The minimum Gasteiger partial charge on any atom is -0.463 e. The lowest BCUT2D eigenvalue weighted by atomic mass is 10.2. The fourth-order valence-corrected chi connectivity index (χ4v) is 2.17. The molecule has 0 atom stereocenters. The Morgan fingerprint density at radius 2 is 1.95 bits per heavy atom. The molecule has 0 saturated carbocycles. The highest BCUT2D eigenvalue weighted by Crippen LogP contribution is 2.23. The van der Waals surface area contributed by atoms with Gasteiger partial charge in [-0.3, -0.25) is 0 Å². The Hall–Kier alpha value is -2.56. The highest BCUT2D eigenvalue weighted by molar-refractivity contribution is 5.65. The lowest BCUT2D eigenvalue weighted by Gasteiger charge is -2.11. The summed E-state index contributed by atoms with van der Waals surface area (Å²) in [5, 5.41) is 0. The van der Waals surface area contributed by atoms with E-state index in [4.69, 9.17) is 4.74 Å². The molecule has 1 aromatic carbocycles. The molecule has 0 aliphatic carbocycles. The SMILES string of the molecule is CN(C)c1ccn2cc(-c3ccc(OCF)cc3)nc2c1. The number of ether oxygens (including phenoxy) is 1. The van der Waals surface area contributed by atoms with Crippen molar-refractivity contribution in [2.45, 2.75) is 0 Å². The number of halogens is 1. The van der Waals surface area contributed by atoms with E-state index >= 15 is 0 Å². The molecular formula is C16H16FN3O. The van der Waals surface area contributed by atoms with Gasteiger partial charge in [-0.1, -0.05) is 0 Å². The Morgan fingerprint density at radius 1 is 1.19 bits per heavy atom. The van der Waals surface area contributed by atoms with Crippen LogP contribution in [-0.2, 0) is 0 Å². The number of rotatable bonds is 4. The lowest BCUT2D eigenvalue weighted by Crippen LogP contribution is -2.08. The van der Waals surface area contributed by atoms with Crippen LogP contribution in [0, 0.1) is 0 Å². The molecule has 0 spiro atoms. The van der Waals surface area contributed by atoms with E-state index in [0.29, 0.717) is 5.75 Å². The summed E-state index contributed by atoms with van der Waals surface area (Å²) >= 11 is 0. The summed E-state index contributed by atoms with van der Waals surface area (Å²) in [6.45, 7) is -0.818. The molecule has 0 aliphatic rings. The van der Waals surface area contributed by atoms with Crippen molar-refractivity contribution < 1.29 is 9.13 Å². The minimum absolute atomic E-state index is 0.514. The number of aromatic nitrogens is 2. The number of hydrogen-bond acceptors (Lipinski definition) is 3. The predicted molar refractivity (Wildman–Crippen MR) is 81.6 cm³/mol. The third kappa shape index (κ3) is 2.67. The van der Waals surface area contributed by atoms with E-state index in [1.54, 1.807) is 12.1 Å². The topological polar surface area (TPSA) is 29.8 Å². The zero-order valence-corrected chi connectivity index (χ0v) is 12.0. The maximum absolute atomic E-state index is 12.1. The average molecular weight is 285 g/mol. The van der Waals surface area contributed by atoms with Crippen molar-refractivity contribution in [1.82, 2.24) is 9.38 Å². The normalized spacial score (nSPS) is 10.8. The van der Waals surface area contributed by atoms with Gasteiger partial charge in [0, 0.05) is 43.8 Å². The van der Waals surface area contributed by atoms with E-state index in [2.05, 4.69) is 4.98 Å². The van der Waals surface area contributed by atoms with E-state index in [1.807, 2.05) is 60.1 Å². The molecule has 0 saturated heterocycles. The monoisotopic (exact) mass is 285 g/mol. The molecule has 108 valence electrons. The summed E-state index contributed by atoms with van der Waals surface area (Å²) in [6.07, 6.45) is 3.96. The number of hydrogen-bond donors (Lipinski definition) is 0. The highest BCUT2D eigenvalue weighted by atomic mass is 19.1. The number of imidazole rings is 1. The van der Waals surface area contributed by atoms with Gasteiger partial charge in [0.15, 0.2) is 0 Å². The van der Waals surface area contributed by atoms with Gasteiger partial charge in [-0.2, -0.15) is 0 Å². The quantitative estimate of drug-likeness (QED) is 0.736. The first-order chi connectivity index (χ1) is 10.2. The van der Waals surface area contributed by atoms with Crippen molar-refractivity contribution in [3.05, 3.63) is 48.8 Å². The number of alkyl halides is 1. The molecule has 0 bridgehead atoms. The van der Waals surface area contributed by atoms with Crippen LogP contribution in [0.25, 0.3) is 16.9 Å². The lowest BCUT2D eigenvalue weighted by molar-refractivity contribution is 0.192. The Balaban J connectivity index is 1.96. The van der Waals surface area contributed by atoms with Crippen LogP contribution >= 0.6 is 0 Å². The fourth-order valence-electron chi connectivity index (χ4n) is 2.17. The summed E-state index contributed by atoms with van der Waals surface area (Å²) in [6, 6.07) is 11.3. The predicted octanol–water partition coefficient (Wildman–Crippen LogP) is 3.37. The van der Waals surface area contributed by atoms with Gasteiger partial charge in [-0.15, -0.1) is 0 Å². The Kier molecular flexibility index (Phi) is 3.48. The van der Waals surface area contributed by atoms with E-state index in [-0.39, 0.29) is 0 Å². The maximum atomic E-state index is 12.1. The molecule has 0 unspecified atom stereocenters. The molecule has 3 aromatic rings. The van der Waals surface area contributed by atoms with Crippen LogP contribution in [-0.4, -0.2) is 30.3 Å². The zero-order chi connectivity index (χ0) is 14.8. The van der Waals surface area contributed by atoms with Gasteiger partial charge in [0.2, 0.25) is 6.86 Å². The molecule has 3 rings (SSSR count). The van der Waals surface area contributed by atoms with Crippen LogP contribution in [0.2, 0.25) is 0 Å². The second-order valence-electron chi connectivity index (χ2n) is 4.95. The van der Waals surface area contributed by atoms with Gasteiger partial charge in [-0.25, -0.2) is 9.37 Å². The van der Waals surface area contributed by atoms with Gasteiger partial charge in [0.1, 0.15) is 11.4 Å². The summed E-state index contributed by atoms with van der Waals surface area (Å²) < 4.78 is 18.9. The van der Waals surface area contributed by atoms with Gasteiger partial charge < -0.3 is 14.0 Å². The van der Waals surface area contributed by atoms with E-state index < -0.39 is 6.86 Å². The van der Waals surface area contributed by atoms with Crippen molar-refractivity contribution in [2.24, 2.45) is 0 Å². The highest BCUT2D eigenvalue weighted by Gasteiger charge is 2.06. The molecule has 0 aliphatic heterocycles. The van der Waals surface area contributed by atoms with Crippen molar-refractivity contribution in [2.75, 3.05) is 25.9 Å². The minimum atomic E-state index is -0.818. The van der Waals surface area contributed by atoms with Gasteiger partial charge >= 0.3 is 0 Å². The van der Waals surface area contributed by atoms with Crippen molar-refractivity contribution >= 4 is 11.3 Å². The standard InChI is InChI=1S/C16H16FN3O/c1-19(2)13-7-8-20-10-15(18-16(20)9-13)12-3-5-14(6-4-12)21-11-17/h3-10H,11H2,1-2H3. The largest absolute Gasteiger partial charge is 0.463 e. The molecular weight excluding hydrogens is 269 g/mol. The second kappa shape index (κ2) is 5.44. The number of anilines is 1. The summed E-state index contributed by atoms with van der Waals surface area (Å²) in [5.41, 5.74) is 3.83. The summed E-state index contributed by atoms with van der Waals surface area (Å²) in [5.74, 6) is 0.514. The maximum Gasteiger partial charge on any atom is 0.228 e. The van der Waals surface area contributed by atoms with Crippen molar-refractivity contribution in [3.8, 4) is 17.0 Å². The zero-order valence-electron chi connectivity index (χ0n) is 12.0. The number of nitrogens with zero attached hydrogens (tertiary/aromatic N) is 3. The molecule has 2 aromatic heterocycles. The number of pyridine rings is 1. The van der Waals surface area contributed by atoms with E-state index in [1.165, 1.54) is 0 Å². The molecule has 21 heavy (non-hydrogen) atoms. The Bertz CT molecular complexity index is 750. The van der Waals surface area contributed by atoms with Crippen molar-refractivity contribution in [1.29, 1.82) is 0 Å². The molecule has 2 heterocycles. The first kappa shape index (κ1) is 13.4. The number of benzene rings is 1. The van der Waals surface area contributed by atoms with Gasteiger partial charge in [0.25, 0.3) is 0 Å². The van der Waals surface area contributed by atoms with Crippen LogP contribution < -0.4 is 9.64 Å². The molecule has 0 N–H and O–H groups in total. The van der Waals surface area contributed by atoms with Crippen molar-refractivity contribution in [3.63, 3.8) is 0 Å². The van der Waals surface area contributed by atoms with E-state index in [0.717, 1.165) is 22.6 Å². The van der Waals surface area contributed by atoms with Crippen LogP contribution in [0.4, 0.5) is 10.1 Å². The molecule has 0 radical (unpaired) electrons. The molecule has 4 nitrogen and oxygen atoms in total. The van der Waals surface area contributed by atoms with Crippen LogP contribution in [0.1, 0.15) is 0 Å². The van der Waals surface area contributed by atoms with Gasteiger partial charge in [0.05, 0.1) is 5.69 Å². The molecule has 0 amide bonds. The molecule has 5 heteroatoms. The van der Waals surface area contributed by atoms with Crippen LogP contribution in [0.5, 0.6) is 5.75 Å². The second-order valence-corrected chi connectivity index (χ2v) is 4.95. The Morgan fingerprint density at radius 3 is 2.62 bits per heavy atom. The van der Waals surface area contributed by atoms with Gasteiger partial charge in [-0.05, 0) is 30.3 Å². The first-order valence-corrected chi connectivity index (χ1v) is 6.62. The molecule has 0 fully saturated rings. The van der Waals surface area contributed by atoms with Crippen LogP contribution in [0.3, 0.4) is 0 Å². The van der Waals surface area contributed by atoms with E-state index in [9.17, 15) is 4.39 Å².